The average Bonchev–Trinajstić information content (AvgIpc) is 2.91. The monoisotopic (exact) mass is 325 g/mol. The van der Waals surface area contributed by atoms with Gasteiger partial charge in [-0.15, -0.1) is 0 Å². The molecule has 2 aromatic heterocycles. The van der Waals surface area contributed by atoms with Crippen LogP contribution in [-0.4, -0.2) is 20.0 Å². The highest BCUT2D eigenvalue weighted by Gasteiger charge is 2.19. The van der Waals surface area contributed by atoms with Gasteiger partial charge in [0.15, 0.2) is 0 Å². The quantitative estimate of drug-likeness (QED) is 0.665. The summed E-state index contributed by atoms with van der Waals surface area (Å²) in [5, 5.41) is 5.10. The van der Waals surface area contributed by atoms with Gasteiger partial charge in [-0.3, -0.25) is 4.79 Å². The van der Waals surface area contributed by atoms with E-state index >= 15 is 0 Å². The fourth-order valence-electron chi connectivity index (χ4n) is 2.11. The lowest BCUT2D eigenvalue weighted by Crippen LogP contribution is -1.99. The summed E-state index contributed by atoms with van der Waals surface area (Å²) in [5.74, 6) is 0. The van der Waals surface area contributed by atoms with Crippen LogP contribution in [-0.2, 0) is 0 Å². The second kappa shape index (κ2) is 4.84. The topological polar surface area (TPSA) is 47.8 Å². The first kappa shape index (κ1) is 13.5. The van der Waals surface area contributed by atoms with Gasteiger partial charge in [-0.25, -0.2) is 9.67 Å². The molecule has 0 aliphatic heterocycles. The number of carbonyl (C=O) groups excluding carboxylic acids is 1. The van der Waals surface area contributed by atoms with Crippen molar-refractivity contribution in [2.24, 2.45) is 0 Å². The third kappa shape index (κ3) is 2.02. The van der Waals surface area contributed by atoms with E-state index in [0.29, 0.717) is 27.1 Å². The molecule has 7 heteroatoms. The van der Waals surface area contributed by atoms with Crippen LogP contribution in [0.15, 0.2) is 18.2 Å². The van der Waals surface area contributed by atoms with Gasteiger partial charge < -0.3 is 0 Å². The van der Waals surface area contributed by atoms with E-state index in [4.69, 9.17) is 23.2 Å². The molecule has 3 rings (SSSR count). The van der Waals surface area contributed by atoms with Gasteiger partial charge >= 0.3 is 0 Å². The molecular weight excluding hydrogens is 317 g/mol. The molecule has 0 atom stereocenters. The number of halogens is 2. The Balaban J connectivity index is 2.24. The third-order valence-electron chi connectivity index (χ3n) is 3.03. The highest BCUT2D eigenvalue weighted by molar-refractivity contribution is 7.20. The number of rotatable bonds is 2. The Morgan fingerprint density at radius 1 is 1.35 bits per heavy atom. The maximum atomic E-state index is 11.4. The number of aryl methyl sites for hydroxylation is 1. The summed E-state index contributed by atoms with van der Waals surface area (Å²) in [7, 11) is 0. The van der Waals surface area contributed by atoms with Gasteiger partial charge in [0, 0.05) is 0 Å². The van der Waals surface area contributed by atoms with E-state index in [2.05, 4.69) is 10.1 Å². The molecule has 0 unspecified atom stereocenters. The maximum Gasteiger partial charge on any atom is 0.256 e. The van der Waals surface area contributed by atoms with E-state index in [1.807, 2.05) is 12.1 Å². The lowest BCUT2D eigenvalue weighted by molar-refractivity contribution is 0.108. The van der Waals surface area contributed by atoms with E-state index in [-0.39, 0.29) is 0 Å². The van der Waals surface area contributed by atoms with Crippen molar-refractivity contribution < 1.29 is 4.79 Å². The van der Waals surface area contributed by atoms with E-state index in [9.17, 15) is 4.79 Å². The van der Waals surface area contributed by atoms with Crippen LogP contribution in [0.5, 0.6) is 0 Å². The lowest BCUT2D eigenvalue weighted by Gasteiger charge is -1.98. The predicted molar refractivity (Wildman–Crippen MR) is 81.4 cm³/mol. The van der Waals surface area contributed by atoms with Crippen molar-refractivity contribution in [3.8, 4) is 5.13 Å². The van der Waals surface area contributed by atoms with Gasteiger partial charge in [0.2, 0.25) is 5.13 Å². The maximum absolute atomic E-state index is 11.4. The van der Waals surface area contributed by atoms with Crippen molar-refractivity contribution in [2.75, 3.05) is 0 Å². The molecule has 3 aromatic rings. The number of thiazole rings is 1. The van der Waals surface area contributed by atoms with Crippen LogP contribution < -0.4 is 0 Å². The van der Waals surface area contributed by atoms with Crippen LogP contribution in [0.4, 0.5) is 0 Å². The molecule has 1 aromatic carbocycles. The Morgan fingerprint density at radius 2 is 2.10 bits per heavy atom. The van der Waals surface area contributed by atoms with E-state index < -0.39 is 5.24 Å². The number of para-hydroxylation sites is 1. The molecule has 4 nitrogen and oxygen atoms in total. The van der Waals surface area contributed by atoms with Crippen LogP contribution in [0.2, 0.25) is 5.02 Å². The fourth-order valence-corrected chi connectivity index (χ4v) is 3.65. The summed E-state index contributed by atoms with van der Waals surface area (Å²) in [6.45, 7) is 3.54. The molecule has 102 valence electrons. The minimum absolute atomic E-state index is 0.428. The third-order valence-corrected chi connectivity index (χ3v) is 4.52. The first-order valence-corrected chi connectivity index (χ1v) is 7.37. The first-order valence-electron chi connectivity index (χ1n) is 5.80. The highest BCUT2D eigenvalue weighted by Crippen LogP contribution is 2.31. The SMILES string of the molecule is Cc1nn(-c2nc3c(Cl)cccc3s2)c(C)c1C(=O)Cl. The van der Waals surface area contributed by atoms with Crippen molar-refractivity contribution in [1.29, 1.82) is 0 Å². The second-order valence-electron chi connectivity index (χ2n) is 4.31. The average molecular weight is 326 g/mol. The number of nitrogens with zero attached hydrogens (tertiary/aromatic N) is 3. The Morgan fingerprint density at radius 3 is 2.70 bits per heavy atom. The normalized spacial score (nSPS) is 11.2. The summed E-state index contributed by atoms with van der Waals surface area (Å²) >= 11 is 13.2. The Kier molecular flexibility index (Phi) is 3.28. The first-order chi connectivity index (χ1) is 9.49. The molecule has 0 amide bonds. The van der Waals surface area contributed by atoms with Gasteiger partial charge in [-0.1, -0.05) is 29.0 Å². The molecule has 0 fully saturated rings. The molecule has 0 aliphatic carbocycles. The molecule has 2 heterocycles. The second-order valence-corrected chi connectivity index (χ2v) is 6.07. The summed E-state index contributed by atoms with van der Waals surface area (Å²) in [4.78, 5) is 15.9. The standard InChI is InChI=1S/C13H9Cl2N3OS/c1-6-10(12(15)19)7(2)18(17-6)13-16-11-8(14)4-3-5-9(11)20-13/h3-5H,1-2H3. The van der Waals surface area contributed by atoms with Crippen molar-refractivity contribution in [3.05, 3.63) is 40.2 Å². The number of hydrogen-bond acceptors (Lipinski definition) is 4. The lowest BCUT2D eigenvalue weighted by atomic mass is 10.2. The summed E-state index contributed by atoms with van der Waals surface area (Å²) < 4.78 is 2.60. The Hall–Kier alpha value is -1.43. The number of fused-ring (bicyclic) bond motifs is 1. The van der Waals surface area contributed by atoms with Crippen LogP contribution >= 0.6 is 34.5 Å². The number of carbonyl (C=O) groups is 1. The predicted octanol–water partition coefficient (Wildman–Crippen LogP) is 4.13. The molecule has 0 N–H and O–H groups in total. The molecule has 0 radical (unpaired) electrons. The summed E-state index contributed by atoms with van der Waals surface area (Å²) in [6.07, 6.45) is 0. The van der Waals surface area contributed by atoms with Gasteiger partial charge in [-0.2, -0.15) is 5.10 Å². The van der Waals surface area contributed by atoms with E-state index in [1.54, 1.807) is 24.6 Å². The van der Waals surface area contributed by atoms with Crippen LogP contribution in [0.25, 0.3) is 15.3 Å². The molecule has 20 heavy (non-hydrogen) atoms. The van der Waals surface area contributed by atoms with Crippen LogP contribution in [0, 0.1) is 13.8 Å². The van der Waals surface area contributed by atoms with Crippen LogP contribution in [0.3, 0.4) is 0 Å². The largest absolute Gasteiger partial charge is 0.275 e. The fraction of sp³-hybridized carbons (Fsp3) is 0.154. The van der Waals surface area contributed by atoms with Gasteiger partial charge in [0.25, 0.3) is 5.24 Å². The number of aromatic nitrogens is 3. The number of benzene rings is 1. The number of hydrogen-bond donors (Lipinski definition) is 0. The minimum atomic E-state index is -0.509. The van der Waals surface area contributed by atoms with E-state index in [1.165, 1.54) is 11.3 Å². The summed E-state index contributed by atoms with van der Waals surface area (Å²) in [5.41, 5.74) is 2.43. The van der Waals surface area contributed by atoms with Gasteiger partial charge in [0.1, 0.15) is 5.52 Å². The van der Waals surface area contributed by atoms with E-state index in [0.717, 1.165) is 10.2 Å². The molecule has 0 bridgehead atoms. The van der Waals surface area contributed by atoms with Crippen molar-refractivity contribution in [2.45, 2.75) is 13.8 Å². The van der Waals surface area contributed by atoms with Crippen molar-refractivity contribution in [1.82, 2.24) is 14.8 Å². The smallest absolute Gasteiger partial charge is 0.256 e. The zero-order chi connectivity index (χ0) is 14.4. The highest BCUT2D eigenvalue weighted by atomic mass is 35.5. The Bertz CT molecular complexity index is 838. The van der Waals surface area contributed by atoms with Crippen LogP contribution in [0.1, 0.15) is 21.7 Å². The zero-order valence-electron chi connectivity index (χ0n) is 10.6. The van der Waals surface area contributed by atoms with Crippen molar-refractivity contribution in [3.63, 3.8) is 0 Å². The summed E-state index contributed by atoms with van der Waals surface area (Å²) in [6, 6.07) is 5.62. The minimum Gasteiger partial charge on any atom is -0.275 e. The zero-order valence-corrected chi connectivity index (χ0v) is 13.0. The molecular formula is C13H9Cl2N3OS. The van der Waals surface area contributed by atoms with Gasteiger partial charge in [0.05, 0.1) is 26.7 Å². The molecule has 0 aliphatic rings. The molecule has 0 saturated heterocycles. The molecule has 0 spiro atoms. The van der Waals surface area contributed by atoms with Crippen molar-refractivity contribution >= 4 is 50.0 Å². The molecule has 0 saturated carbocycles. The van der Waals surface area contributed by atoms with Gasteiger partial charge in [-0.05, 0) is 37.6 Å². The Labute approximate surface area is 129 Å².